The lowest BCUT2D eigenvalue weighted by atomic mass is 9.56. The predicted molar refractivity (Wildman–Crippen MR) is 209 cm³/mol. The number of ether oxygens (including phenoxy) is 1. The molecule has 4 atom stereocenters. The van der Waals surface area contributed by atoms with Gasteiger partial charge in [-0.05, 0) is 18.8 Å². The van der Waals surface area contributed by atoms with Crippen molar-refractivity contribution in [2.45, 2.75) is 239 Å². The first-order chi connectivity index (χ1) is 24.8. The quantitative estimate of drug-likeness (QED) is 0.0381. The van der Waals surface area contributed by atoms with Gasteiger partial charge in [-0.25, -0.2) is 0 Å². The highest BCUT2D eigenvalue weighted by atomic mass is 16.6. The van der Waals surface area contributed by atoms with Crippen LogP contribution in [0.1, 0.15) is 233 Å². The van der Waals surface area contributed by atoms with Crippen molar-refractivity contribution < 1.29 is 28.7 Å². The molecule has 0 aromatic rings. The van der Waals surface area contributed by atoms with E-state index in [0.29, 0.717) is 12.8 Å². The van der Waals surface area contributed by atoms with Gasteiger partial charge in [0.1, 0.15) is 22.8 Å². The summed E-state index contributed by atoms with van der Waals surface area (Å²) in [5.74, 6) is -3.03. The van der Waals surface area contributed by atoms with E-state index in [1.165, 1.54) is 135 Å². The minimum atomic E-state index is -1.62. The van der Waals surface area contributed by atoms with Gasteiger partial charge in [0.05, 0.1) is 6.42 Å². The Hall–Kier alpha value is -1.85. The number of hydrogen-bond donors (Lipinski definition) is 0. The monoisotopic (exact) mass is 715 g/mol. The molecule has 0 aromatic carbocycles. The molecule has 1 aliphatic carbocycles. The molecular weight excluding hydrogens is 636 g/mol. The maximum absolute atomic E-state index is 13.9. The first kappa shape index (κ1) is 45.3. The Balaban J connectivity index is 1.66. The topological polar surface area (TPSA) is 94.6 Å². The zero-order valence-electron chi connectivity index (χ0n) is 33.5. The summed E-state index contributed by atoms with van der Waals surface area (Å²) in [6.45, 7) is 6.23. The summed E-state index contributed by atoms with van der Waals surface area (Å²) in [6, 6.07) is 0. The van der Waals surface area contributed by atoms with E-state index in [-0.39, 0.29) is 43.0 Å². The molecule has 0 radical (unpaired) electrons. The maximum Gasteiger partial charge on any atom is 0.321 e. The lowest BCUT2D eigenvalue weighted by molar-refractivity contribution is -0.162. The van der Waals surface area contributed by atoms with Crippen LogP contribution < -0.4 is 0 Å². The van der Waals surface area contributed by atoms with E-state index < -0.39 is 35.1 Å². The number of Topliss-reactive ketones (excluding diaryl/α,β-unsaturated/α-hetero) is 4. The summed E-state index contributed by atoms with van der Waals surface area (Å²) in [6.07, 6.45) is 33.9. The molecule has 0 amide bonds. The van der Waals surface area contributed by atoms with Crippen molar-refractivity contribution in [2.24, 2.45) is 17.3 Å². The predicted octanol–water partition coefficient (Wildman–Crippen LogP) is 12.4. The molecule has 0 aromatic heterocycles. The number of unbranched alkanes of at least 4 members (excludes halogenated alkanes) is 26. The Bertz CT molecular complexity index is 1000. The minimum absolute atomic E-state index is 0.0676. The maximum atomic E-state index is 13.9. The van der Waals surface area contributed by atoms with Gasteiger partial charge in [-0.1, -0.05) is 188 Å². The zero-order chi connectivity index (χ0) is 37.2. The van der Waals surface area contributed by atoms with Gasteiger partial charge in [-0.3, -0.25) is 24.0 Å². The highest BCUT2D eigenvalue weighted by Gasteiger charge is 2.67. The van der Waals surface area contributed by atoms with Gasteiger partial charge in [0.15, 0.2) is 11.9 Å². The molecule has 0 unspecified atom stereocenters. The molecule has 6 nitrogen and oxygen atoms in total. The van der Waals surface area contributed by atoms with Crippen molar-refractivity contribution in [3.63, 3.8) is 0 Å². The van der Waals surface area contributed by atoms with Crippen molar-refractivity contribution in [1.82, 2.24) is 0 Å². The second-order valence-corrected chi connectivity index (χ2v) is 16.4. The number of carbonyl (C=O) groups is 5. The SMILES string of the molecule is CCCCCCCCCCCCCCCCC(=O)C[C@@H]1OC(=O)[C@]2(C1=O)[C@H](C)CC(=O)C[C@@H]2C(=O)CCCCCCCCCCCCCCCC. The van der Waals surface area contributed by atoms with Crippen LogP contribution in [-0.2, 0) is 28.7 Å². The normalized spacial score (nSPS) is 21.9. The van der Waals surface area contributed by atoms with Crippen molar-refractivity contribution in [3.05, 3.63) is 0 Å². The lowest BCUT2D eigenvalue weighted by Gasteiger charge is -2.40. The van der Waals surface area contributed by atoms with E-state index in [2.05, 4.69) is 13.8 Å². The van der Waals surface area contributed by atoms with E-state index in [0.717, 1.165) is 38.5 Å². The van der Waals surface area contributed by atoms with Gasteiger partial charge in [0.2, 0.25) is 0 Å². The fourth-order valence-corrected chi connectivity index (χ4v) is 8.72. The van der Waals surface area contributed by atoms with E-state index >= 15 is 0 Å². The summed E-state index contributed by atoms with van der Waals surface area (Å²) in [5.41, 5.74) is -1.62. The van der Waals surface area contributed by atoms with E-state index in [1.54, 1.807) is 6.92 Å². The van der Waals surface area contributed by atoms with Crippen molar-refractivity contribution in [1.29, 1.82) is 0 Å². The van der Waals surface area contributed by atoms with Crippen LogP contribution in [0, 0.1) is 17.3 Å². The number of ketones is 4. The molecule has 1 spiro atoms. The fourth-order valence-electron chi connectivity index (χ4n) is 8.72. The van der Waals surface area contributed by atoms with Gasteiger partial charge in [-0.2, -0.15) is 0 Å². The summed E-state index contributed by atoms with van der Waals surface area (Å²) in [4.78, 5) is 66.5. The second-order valence-electron chi connectivity index (χ2n) is 16.4. The highest BCUT2D eigenvalue weighted by molar-refractivity contribution is 6.16. The molecule has 0 N–H and O–H groups in total. The lowest BCUT2D eigenvalue weighted by Crippen LogP contribution is -2.54. The van der Waals surface area contributed by atoms with Crippen LogP contribution in [0.3, 0.4) is 0 Å². The number of carbonyl (C=O) groups excluding carboxylic acids is 5. The standard InChI is InChI=1S/C45H78O6/c1-4-6-8-10-12-14-16-18-20-22-24-26-28-30-32-38(46)36-42-43(49)45(44(50)51-42)37(3)34-39(47)35-40(45)41(48)33-31-29-27-25-23-21-19-17-15-13-11-9-7-5-2/h37,40,42H,4-36H2,1-3H3/t37-,40-,42+,45-/m1/s1. The first-order valence-electron chi connectivity index (χ1n) is 22.1. The molecule has 1 aliphatic heterocycles. The van der Waals surface area contributed by atoms with Gasteiger partial charge in [0.25, 0.3) is 0 Å². The second kappa shape index (κ2) is 27.7. The Morgan fingerprint density at radius 1 is 0.549 bits per heavy atom. The van der Waals surface area contributed by atoms with Crippen LogP contribution in [-0.4, -0.2) is 35.2 Å². The third-order valence-electron chi connectivity index (χ3n) is 12.0. The molecule has 6 heteroatoms. The minimum Gasteiger partial charge on any atom is -0.453 e. The van der Waals surface area contributed by atoms with Crippen molar-refractivity contribution in [3.8, 4) is 0 Å². The fraction of sp³-hybridized carbons (Fsp3) is 0.889. The Kier molecular flexibility index (Phi) is 24.6. The van der Waals surface area contributed by atoms with Crippen molar-refractivity contribution in [2.75, 3.05) is 0 Å². The number of esters is 1. The molecule has 1 saturated carbocycles. The molecule has 1 heterocycles. The summed E-state index contributed by atoms with van der Waals surface area (Å²) < 4.78 is 5.60. The van der Waals surface area contributed by atoms with Gasteiger partial charge >= 0.3 is 5.97 Å². The van der Waals surface area contributed by atoms with E-state index in [9.17, 15) is 24.0 Å². The molecule has 294 valence electrons. The molecule has 0 bridgehead atoms. The smallest absolute Gasteiger partial charge is 0.321 e. The highest BCUT2D eigenvalue weighted by Crippen LogP contribution is 2.51. The third-order valence-corrected chi connectivity index (χ3v) is 12.0. The molecule has 2 aliphatic rings. The third kappa shape index (κ3) is 16.8. The van der Waals surface area contributed by atoms with E-state index in [1.807, 2.05) is 0 Å². The van der Waals surface area contributed by atoms with Crippen LogP contribution in [0.25, 0.3) is 0 Å². The Morgan fingerprint density at radius 2 is 0.922 bits per heavy atom. The molecule has 1 saturated heterocycles. The van der Waals surface area contributed by atoms with Crippen molar-refractivity contribution >= 4 is 29.1 Å². The summed E-state index contributed by atoms with van der Waals surface area (Å²) in [7, 11) is 0. The zero-order valence-corrected chi connectivity index (χ0v) is 33.5. The summed E-state index contributed by atoms with van der Waals surface area (Å²) in [5, 5.41) is 0. The van der Waals surface area contributed by atoms with Crippen LogP contribution in [0.15, 0.2) is 0 Å². The first-order valence-corrected chi connectivity index (χ1v) is 22.1. The van der Waals surface area contributed by atoms with Gasteiger partial charge in [0, 0.05) is 31.6 Å². The Labute approximate surface area is 313 Å². The van der Waals surface area contributed by atoms with Crippen LogP contribution in [0.5, 0.6) is 0 Å². The number of rotatable bonds is 33. The van der Waals surface area contributed by atoms with Gasteiger partial charge in [-0.15, -0.1) is 0 Å². The molecule has 2 rings (SSSR count). The van der Waals surface area contributed by atoms with Crippen LogP contribution >= 0.6 is 0 Å². The van der Waals surface area contributed by atoms with Gasteiger partial charge < -0.3 is 4.74 Å². The average Bonchev–Trinajstić information content (AvgIpc) is 3.34. The number of cyclic esters (lactones) is 1. The molecule has 2 fully saturated rings. The average molecular weight is 715 g/mol. The largest absolute Gasteiger partial charge is 0.453 e. The van der Waals surface area contributed by atoms with Crippen LogP contribution in [0.4, 0.5) is 0 Å². The number of hydrogen-bond acceptors (Lipinski definition) is 6. The molecular formula is C45H78O6. The molecule has 51 heavy (non-hydrogen) atoms. The van der Waals surface area contributed by atoms with Crippen LogP contribution in [0.2, 0.25) is 0 Å². The van der Waals surface area contributed by atoms with E-state index in [4.69, 9.17) is 4.74 Å². The Morgan fingerprint density at radius 3 is 1.33 bits per heavy atom. The summed E-state index contributed by atoms with van der Waals surface area (Å²) >= 11 is 0.